The summed E-state index contributed by atoms with van der Waals surface area (Å²) >= 11 is 1.90. The third kappa shape index (κ3) is 6.08. The van der Waals surface area contributed by atoms with Crippen LogP contribution in [-0.4, -0.2) is 32.1 Å². The van der Waals surface area contributed by atoms with Crippen molar-refractivity contribution in [1.82, 2.24) is 5.43 Å². The van der Waals surface area contributed by atoms with E-state index in [2.05, 4.69) is 10.5 Å². The minimum Gasteiger partial charge on any atom is -0.490 e. The van der Waals surface area contributed by atoms with Gasteiger partial charge in [-0.25, -0.2) is 5.43 Å². The summed E-state index contributed by atoms with van der Waals surface area (Å²) in [4.78, 5) is 22.7. The first-order valence-corrected chi connectivity index (χ1v) is 13.6. The van der Waals surface area contributed by atoms with E-state index >= 15 is 0 Å². The Labute approximate surface area is 231 Å². The predicted octanol–water partition coefficient (Wildman–Crippen LogP) is 5.28. The van der Waals surface area contributed by atoms with Gasteiger partial charge in [0.25, 0.3) is 11.6 Å². The van der Waals surface area contributed by atoms with Crippen LogP contribution < -0.4 is 14.3 Å². The van der Waals surface area contributed by atoms with Gasteiger partial charge in [-0.05, 0) is 76.2 Å². The minimum absolute atomic E-state index is 0.0391. The van der Waals surface area contributed by atoms with Crippen molar-refractivity contribution < 1.29 is 27.1 Å². The molecule has 0 aliphatic rings. The summed E-state index contributed by atoms with van der Waals surface area (Å²) in [7, 11) is -4.31. The number of hydrogen-bond acceptors (Lipinski definition) is 8. The number of nitrogens with zero attached hydrogens (tertiary/aromatic N) is 2. The van der Waals surface area contributed by atoms with Gasteiger partial charge in [-0.3, -0.25) is 14.9 Å². The van der Waals surface area contributed by atoms with Crippen molar-refractivity contribution in [2.75, 3.05) is 6.61 Å². The third-order valence-corrected chi connectivity index (χ3v) is 7.31. The van der Waals surface area contributed by atoms with E-state index in [0.29, 0.717) is 14.7 Å². The Morgan fingerprint density at radius 2 is 1.79 bits per heavy atom. The number of ether oxygens (including phenoxy) is 1. The topological polar surface area (TPSA) is 137 Å². The van der Waals surface area contributed by atoms with Gasteiger partial charge in [-0.15, -0.1) is 0 Å². The van der Waals surface area contributed by atoms with Crippen LogP contribution in [0.1, 0.15) is 22.8 Å². The maximum atomic E-state index is 12.8. The van der Waals surface area contributed by atoms with Crippen molar-refractivity contribution in [3.8, 4) is 11.5 Å². The molecule has 0 heterocycles. The molecule has 0 bridgehead atoms. The Morgan fingerprint density at radius 1 is 1.08 bits per heavy atom. The first-order chi connectivity index (χ1) is 18.2. The second kappa shape index (κ2) is 11.6. The number of rotatable bonds is 9. The maximum absolute atomic E-state index is 12.8. The molecule has 0 aliphatic carbocycles. The normalized spacial score (nSPS) is 11.4. The Bertz CT molecular complexity index is 1650. The number of nitro groups is 1. The molecule has 12 heteroatoms. The van der Waals surface area contributed by atoms with Gasteiger partial charge in [-0.2, -0.15) is 13.5 Å². The third-order valence-electron chi connectivity index (χ3n) is 5.27. The fourth-order valence-corrected chi connectivity index (χ4v) is 5.39. The SMILES string of the molecule is CCOc1cc(/C=N\NC(=O)c2cccc3ccccc23)cc(I)c1OS(=O)(=O)c1ccc([N+](=O)[O-])cc1. The zero-order valence-electron chi connectivity index (χ0n) is 19.8. The van der Waals surface area contributed by atoms with E-state index in [1.54, 1.807) is 25.1 Å². The van der Waals surface area contributed by atoms with E-state index in [4.69, 9.17) is 8.92 Å². The number of non-ortho nitro benzene ring substituents is 1. The van der Waals surface area contributed by atoms with Crippen LogP contribution in [0.4, 0.5) is 5.69 Å². The summed E-state index contributed by atoms with van der Waals surface area (Å²) in [6.07, 6.45) is 1.41. The molecule has 38 heavy (non-hydrogen) atoms. The summed E-state index contributed by atoms with van der Waals surface area (Å²) in [5.74, 6) is -0.276. The highest BCUT2D eigenvalue weighted by Gasteiger charge is 2.23. The van der Waals surface area contributed by atoms with Gasteiger partial charge in [0, 0.05) is 17.7 Å². The van der Waals surface area contributed by atoms with Crippen LogP contribution >= 0.6 is 22.6 Å². The van der Waals surface area contributed by atoms with E-state index < -0.39 is 15.0 Å². The van der Waals surface area contributed by atoms with Crippen LogP contribution in [0.25, 0.3) is 10.8 Å². The van der Waals surface area contributed by atoms with Crippen LogP contribution in [-0.2, 0) is 10.1 Å². The standard InChI is InChI=1S/C26H20IN3O7S/c1-2-36-24-15-17(16-28-29-26(31)22-9-5-7-18-6-3-4-8-21(18)22)14-23(27)25(24)37-38(34,35)20-12-10-19(11-13-20)30(32)33/h3-16H,2H2,1H3,(H,29,31)/b28-16-. The van der Waals surface area contributed by atoms with Crippen LogP contribution in [0, 0.1) is 13.7 Å². The summed E-state index contributed by atoms with van der Waals surface area (Å²) in [6, 6.07) is 20.4. The Morgan fingerprint density at radius 3 is 2.50 bits per heavy atom. The number of fused-ring (bicyclic) bond motifs is 1. The summed E-state index contributed by atoms with van der Waals surface area (Å²) in [6.45, 7) is 1.95. The number of amides is 1. The van der Waals surface area contributed by atoms with Crippen LogP contribution in [0.2, 0.25) is 0 Å². The molecule has 0 atom stereocenters. The number of hydrazone groups is 1. The van der Waals surface area contributed by atoms with E-state index in [9.17, 15) is 23.3 Å². The van der Waals surface area contributed by atoms with Crippen molar-refractivity contribution >= 4 is 61.3 Å². The molecule has 10 nitrogen and oxygen atoms in total. The van der Waals surface area contributed by atoms with E-state index in [1.165, 1.54) is 12.3 Å². The number of halogens is 1. The molecule has 4 aromatic rings. The van der Waals surface area contributed by atoms with Crippen LogP contribution in [0.5, 0.6) is 11.5 Å². The molecule has 0 unspecified atom stereocenters. The first-order valence-electron chi connectivity index (χ1n) is 11.2. The van der Waals surface area contributed by atoms with Crippen molar-refractivity contribution in [3.05, 3.63) is 104 Å². The lowest BCUT2D eigenvalue weighted by atomic mass is 10.0. The van der Waals surface area contributed by atoms with E-state index in [0.717, 1.165) is 35.0 Å². The Hall–Kier alpha value is -4.04. The molecule has 0 aromatic heterocycles. The van der Waals surface area contributed by atoms with Crippen LogP contribution in [0.3, 0.4) is 0 Å². The quantitative estimate of drug-likeness (QED) is 0.0860. The van der Waals surface area contributed by atoms with E-state index in [1.807, 2.05) is 52.9 Å². The largest absolute Gasteiger partial charge is 0.490 e. The van der Waals surface area contributed by atoms with Gasteiger partial charge in [0.2, 0.25) is 0 Å². The van der Waals surface area contributed by atoms with Crippen LogP contribution in [0.15, 0.2) is 88.9 Å². The van der Waals surface area contributed by atoms with Gasteiger partial charge < -0.3 is 8.92 Å². The fourth-order valence-electron chi connectivity index (χ4n) is 3.55. The Balaban J connectivity index is 1.55. The number of nitrogens with one attached hydrogen (secondary N) is 1. The Kier molecular flexibility index (Phi) is 8.22. The van der Waals surface area contributed by atoms with Gasteiger partial charge in [0.1, 0.15) is 4.90 Å². The lowest BCUT2D eigenvalue weighted by Crippen LogP contribution is -2.18. The number of nitro benzene ring substituents is 1. The van der Waals surface area contributed by atoms with Gasteiger partial charge in [0.15, 0.2) is 11.5 Å². The molecule has 1 amide bonds. The number of hydrogen-bond donors (Lipinski definition) is 1. The molecule has 0 saturated heterocycles. The molecule has 194 valence electrons. The number of carbonyl (C=O) groups excluding carboxylic acids is 1. The second-order valence-corrected chi connectivity index (χ2v) is 10.5. The van der Waals surface area contributed by atoms with Crippen molar-refractivity contribution in [1.29, 1.82) is 0 Å². The molecule has 0 saturated carbocycles. The summed E-state index contributed by atoms with van der Waals surface area (Å²) in [5.41, 5.74) is 3.26. The molecule has 4 rings (SSSR count). The molecule has 0 aliphatic heterocycles. The minimum atomic E-state index is -4.31. The molecular formula is C26H20IN3O7S. The second-order valence-electron chi connectivity index (χ2n) is 7.78. The molecule has 0 fully saturated rings. The fraction of sp³-hybridized carbons (Fsp3) is 0.0769. The zero-order chi connectivity index (χ0) is 27.3. The number of carbonyl (C=O) groups is 1. The number of benzene rings is 4. The van der Waals surface area contributed by atoms with Gasteiger partial charge >= 0.3 is 10.1 Å². The molecule has 4 aromatic carbocycles. The maximum Gasteiger partial charge on any atom is 0.339 e. The zero-order valence-corrected chi connectivity index (χ0v) is 22.8. The molecule has 1 N–H and O–H groups in total. The summed E-state index contributed by atoms with van der Waals surface area (Å²) < 4.78 is 37.0. The van der Waals surface area contributed by atoms with Crippen molar-refractivity contribution in [2.45, 2.75) is 11.8 Å². The highest BCUT2D eigenvalue weighted by molar-refractivity contribution is 14.1. The predicted molar refractivity (Wildman–Crippen MR) is 150 cm³/mol. The first kappa shape index (κ1) is 27.0. The molecule has 0 spiro atoms. The monoisotopic (exact) mass is 645 g/mol. The molecule has 0 radical (unpaired) electrons. The summed E-state index contributed by atoms with van der Waals surface area (Å²) in [5, 5.41) is 16.6. The average Bonchev–Trinajstić information content (AvgIpc) is 2.90. The lowest BCUT2D eigenvalue weighted by Gasteiger charge is -2.14. The average molecular weight is 645 g/mol. The van der Waals surface area contributed by atoms with Crippen molar-refractivity contribution in [3.63, 3.8) is 0 Å². The van der Waals surface area contributed by atoms with E-state index in [-0.39, 0.29) is 34.6 Å². The highest BCUT2D eigenvalue weighted by atomic mass is 127. The van der Waals surface area contributed by atoms with Crippen molar-refractivity contribution in [2.24, 2.45) is 5.10 Å². The smallest absolute Gasteiger partial charge is 0.339 e. The highest BCUT2D eigenvalue weighted by Crippen LogP contribution is 2.36. The van der Waals surface area contributed by atoms with Gasteiger partial charge in [-0.1, -0.05) is 36.4 Å². The van der Waals surface area contributed by atoms with Gasteiger partial charge in [0.05, 0.1) is 21.3 Å². The lowest BCUT2D eigenvalue weighted by molar-refractivity contribution is -0.384. The molecular weight excluding hydrogens is 625 g/mol.